The molecule has 0 saturated carbocycles. The van der Waals surface area contributed by atoms with E-state index >= 15 is 0 Å². The fourth-order valence-corrected chi connectivity index (χ4v) is 0.278. The predicted octanol–water partition coefficient (Wildman–Crippen LogP) is 0.747. The van der Waals surface area contributed by atoms with Crippen LogP contribution in [0.5, 0.6) is 0 Å². The molecule has 0 rings (SSSR count). The third-order valence-electron chi connectivity index (χ3n) is 0.893. The molecule has 0 fully saturated rings. The Hall–Kier alpha value is -0.860. The Morgan fingerprint density at radius 1 is 2.00 bits per heavy atom. The highest BCUT2D eigenvalue weighted by molar-refractivity contribution is 5.73. The van der Waals surface area contributed by atoms with Crippen molar-refractivity contribution in [3.05, 3.63) is 0 Å². The molecule has 0 amide bonds. The van der Waals surface area contributed by atoms with Crippen LogP contribution in [-0.2, 0) is 4.79 Å². The van der Waals surface area contributed by atoms with Crippen molar-refractivity contribution in [2.24, 2.45) is 5.92 Å². The topological polar surface area (TPSA) is 61.2 Å². The van der Waals surface area contributed by atoms with Gasteiger partial charge in [0.1, 0.15) is 0 Å². The highest BCUT2D eigenvalue weighted by Gasteiger charge is 2.06. The van der Waals surface area contributed by atoms with Crippen molar-refractivity contribution in [3.63, 3.8) is 0 Å². The minimum absolute atomic E-state index is 0.329. The van der Waals surface area contributed by atoms with Gasteiger partial charge in [-0.05, 0) is 12.6 Å². The lowest BCUT2D eigenvalue weighted by atomic mass is 10.1. The molecule has 0 aliphatic rings. The van der Waals surface area contributed by atoms with E-state index in [2.05, 4.69) is 0 Å². The Labute approximate surface area is 47.8 Å². The molecule has 0 aromatic carbocycles. The van der Waals surface area contributed by atoms with Gasteiger partial charge in [0.05, 0.1) is 5.92 Å². The van der Waals surface area contributed by atoms with Gasteiger partial charge in [-0.25, -0.2) is 0 Å². The fraction of sp³-hybridized carbons (Fsp3) is 0.600. The van der Waals surface area contributed by atoms with Crippen LogP contribution in [0.3, 0.4) is 0 Å². The molecule has 0 aromatic heterocycles. The molecule has 0 spiro atoms. The molecule has 8 heavy (non-hydrogen) atoms. The molecule has 46 valence electrons. The summed E-state index contributed by atoms with van der Waals surface area (Å²) in [6.07, 6.45) is 1.44. The van der Waals surface area contributed by atoms with Crippen LogP contribution in [0.1, 0.15) is 13.3 Å². The zero-order valence-electron chi connectivity index (χ0n) is 4.72. The maximum atomic E-state index is 9.99. The van der Waals surface area contributed by atoms with E-state index in [1.165, 1.54) is 0 Å². The Morgan fingerprint density at radius 2 is 2.50 bits per heavy atom. The number of hydrogen-bond donors (Lipinski definition) is 2. The van der Waals surface area contributed by atoms with E-state index in [1.807, 2.05) is 0 Å². The van der Waals surface area contributed by atoms with Gasteiger partial charge in [-0.3, -0.25) is 4.79 Å². The van der Waals surface area contributed by atoms with Crippen molar-refractivity contribution in [2.75, 3.05) is 0 Å². The summed E-state index contributed by atoms with van der Waals surface area (Å²) in [4.78, 5) is 9.99. The van der Waals surface area contributed by atoms with Gasteiger partial charge in [0.15, 0.2) is 0 Å². The first-order chi connectivity index (χ1) is 3.68. The van der Waals surface area contributed by atoms with Gasteiger partial charge in [-0.2, -0.15) is 0 Å². The number of carboxylic acid groups (broad SMARTS) is 1. The van der Waals surface area contributed by atoms with Crippen LogP contribution in [0, 0.1) is 11.3 Å². The molecule has 0 saturated heterocycles. The Bertz CT molecular complexity index is 101. The third-order valence-corrected chi connectivity index (χ3v) is 0.893. The van der Waals surface area contributed by atoms with E-state index in [-0.39, 0.29) is 0 Å². The van der Waals surface area contributed by atoms with Crippen molar-refractivity contribution in [1.29, 1.82) is 5.41 Å². The molecule has 0 aliphatic heterocycles. The maximum Gasteiger partial charge on any atom is 0.306 e. The van der Waals surface area contributed by atoms with Crippen molar-refractivity contribution in [1.82, 2.24) is 0 Å². The van der Waals surface area contributed by atoms with Gasteiger partial charge in [0, 0.05) is 0 Å². The largest absolute Gasteiger partial charge is 0.481 e. The number of hydrogen-bond acceptors (Lipinski definition) is 2. The number of aliphatic carboxylic acids is 1. The summed E-state index contributed by atoms with van der Waals surface area (Å²) in [5.74, 6) is -1.25. The van der Waals surface area contributed by atoms with E-state index < -0.39 is 11.9 Å². The van der Waals surface area contributed by atoms with Crippen LogP contribution >= 0.6 is 0 Å². The molecule has 1 atom stereocenters. The van der Waals surface area contributed by atoms with Crippen molar-refractivity contribution < 1.29 is 9.90 Å². The molecular weight excluding hydrogens is 106 g/mol. The number of carboxylic acids is 1. The minimum atomic E-state index is -0.839. The predicted molar refractivity (Wildman–Crippen MR) is 30.2 cm³/mol. The van der Waals surface area contributed by atoms with E-state index in [4.69, 9.17) is 10.5 Å². The third kappa shape index (κ3) is 2.34. The van der Waals surface area contributed by atoms with Gasteiger partial charge < -0.3 is 10.5 Å². The Morgan fingerprint density at radius 3 is 2.62 bits per heavy atom. The van der Waals surface area contributed by atoms with Crippen LogP contribution in [0.25, 0.3) is 0 Å². The highest BCUT2D eigenvalue weighted by Crippen LogP contribution is 1.96. The normalized spacial score (nSPS) is 12.6. The first kappa shape index (κ1) is 7.14. The molecule has 3 heteroatoms. The molecular formula is C5H9NO2. The Balaban J connectivity index is 3.46. The molecule has 0 heterocycles. The summed E-state index contributed by atoms with van der Waals surface area (Å²) in [6, 6.07) is 0. The van der Waals surface area contributed by atoms with Gasteiger partial charge in [-0.1, -0.05) is 6.92 Å². The van der Waals surface area contributed by atoms with Crippen molar-refractivity contribution in [3.8, 4) is 0 Å². The summed E-state index contributed by atoms with van der Waals surface area (Å²) in [7, 11) is 0. The maximum absolute atomic E-state index is 9.99. The molecule has 0 unspecified atom stereocenters. The van der Waals surface area contributed by atoms with Crippen LogP contribution in [0.15, 0.2) is 0 Å². The molecule has 2 N–H and O–H groups in total. The van der Waals surface area contributed by atoms with Gasteiger partial charge in [0.25, 0.3) is 0 Å². The standard InChI is InChI=1S/C5H9NO2/c1-4(2-3-6)5(7)8/h3-4,6H,2H2,1H3,(H,7,8)/t4-/m1/s1. The minimum Gasteiger partial charge on any atom is -0.481 e. The summed E-state index contributed by atoms with van der Waals surface area (Å²) in [5, 5.41) is 14.7. The first-order valence-corrected chi connectivity index (χ1v) is 2.40. The summed E-state index contributed by atoms with van der Waals surface area (Å²) in [6.45, 7) is 1.58. The van der Waals surface area contributed by atoms with Crippen molar-refractivity contribution in [2.45, 2.75) is 13.3 Å². The number of rotatable bonds is 3. The van der Waals surface area contributed by atoms with Crippen LogP contribution in [0.4, 0.5) is 0 Å². The second-order valence-corrected chi connectivity index (χ2v) is 1.68. The van der Waals surface area contributed by atoms with E-state index in [9.17, 15) is 4.79 Å². The molecule has 0 aromatic rings. The zero-order chi connectivity index (χ0) is 6.57. The fourth-order valence-electron chi connectivity index (χ4n) is 0.278. The van der Waals surface area contributed by atoms with Crippen LogP contribution in [-0.4, -0.2) is 17.3 Å². The number of carbonyl (C=O) groups is 1. The van der Waals surface area contributed by atoms with E-state index in [1.54, 1.807) is 6.92 Å². The average Bonchev–Trinajstić information content (AvgIpc) is 1.67. The second-order valence-electron chi connectivity index (χ2n) is 1.68. The Kier molecular flexibility index (Phi) is 2.84. The summed E-state index contributed by atoms with van der Waals surface area (Å²) < 4.78 is 0. The highest BCUT2D eigenvalue weighted by atomic mass is 16.4. The molecule has 0 aliphatic carbocycles. The monoisotopic (exact) mass is 115 g/mol. The van der Waals surface area contributed by atoms with E-state index in [0.717, 1.165) is 6.21 Å². The van der Waals surface area contributed by atoms with Gasteiger partial charge in [0.2, 0.25) is 0 Å². The van der Waals surface area contributed by atoms with Crippen molar-refractivity contribution >= 4 is 12.2 Å². The van der Waals surface area contributed by atoms with E-state index in [0.29, 0.717) is 6.42 Å². The van der Waals surface area contributed by atoms with Gasteiger partial charge >= 0.3 is 5.97 Å². The number of nitrogens with one attached hydrogen (secondary N) is 1. The smallest absolute Gasteiger partial charge is 0.306 e. The van der Waals surface area contributed by atoms with Crippen LogP contribution < -0.4 is 0 Å². The summed E-state index contributed by atoms with van der Waals surface area (Å²) in [5.41, 5.74) is 0. The lowest BCUT2D eigenvalue weighted by Gasteiger charge is -1.96. The van der Waals surface area contributed by atoms with Crippen LogP contribution in [0.2, 0.25) is 0 Å². The SMILES string of the molecule is C[C@H](CC=N)C(=O)O. The van der Waals surface area contributed by atoms with Gasteiger partial charge in [-0.15, -0.1) is 0 Å². The average molecular weight is 115 g/mol. The molecule has 3 nitrogen and oxygen atoms in total. The second kappa shape index (κ2) is 3.18. The molecule has 0 radical (unpaired) electrons. The lowest BCUT2D eigenvalue weighted by Crippen LogP contribution is -2.08. The zero-order valence-corrected chi connectivity index (χ0v) is 4.72. The summed E-state index contributed by atoms with van der Waals surface area (Å²) >= 11 is 0. The first-order valence-electron chi connectivity index (χ1n) is 2.40. The molecule has 0 bridgehead atoms. The quantitative estimate of drug-likeness (QED) is 0.533. The lowest BCUT2D eigenvalue weighted by molar-refractivity contribution is -0.140.